The van der Waals surface area contributed by atoms with E-state index >= 15 is 0 Å². The Hall–Kier alpha value is -0.920. The minimum Gasteiger partial charge on any atom is -0.441 e. The molecule has 2 unspecified atom stereocenters. The quantitative estimate of drug-likeness (QED) is 0.471. The van der Waals surface area contributed by atoms with Crippen LogP contribution in [0.4, 0.5) is 4.79 Å². The Labute approximate surface area is 129 Å². The summed E-state index contributed by atoms with van der Waals surface area (Å²) >= 11 is 16.2. The number of carbonyl (C=O) groups excluding carboxylic acids is 3. The molecule has 3 atom stereocenters. The highest BCUT2D eigenvalue weighted by Crippen LogP contribution is 2.27. The maximum atomic E-state index is 11.4. The standard InChI is InChI=1S/C10H12Cl3NO6/c1-4(19-9(17)18-3-10(11,12)13)6-7(16)14-8(6)20-5(2)15/h4,6,8H,3H2,1-2H3,(H,14,16)/t4-,6?,8?/m0/s1. The molecule has 0 bridgehead atoms. The van der Waals surface area contributed by atoms with Gasteiger partial charge in [-0.05, 0) is 6.92 Å². The number of ether oxygens (including phenoxy) is 3. The SMILES string of the molecule is CC(=O)OC1NC(=O)C1[C@H](C)OC(=O)OCC(Cl)(Cl)Cl. The largest absolute Gasteiger partial charge is 0.508 e. The van der Waals surface area contributed by atoms with Gasteiger partial charge in [-0.25, -0.2) is 4.79 Å². The fraction of sp³-hybridized carbons (Fsp3) is 0.700. The van der Waals surface area contributed by atoms with E-state index in [0.29, 0.717) is 0 Å². The normalized spacial score (nSPS) is 23.1. The molecule has 20 heavy (non-hydrogen) atoms. The molecule has 10 heteroatoms. The average Bonchev–Trinajstić information content (AvgIpc) is 2.23. The van der Waals surface area contributed by atoms with Crippen molar-refractivity contribution in [2.45, 2.75) is 30.0 Å². The van der Waals surface area contributed by atoms with Crippen molar-refractivity contribution in [3.63, 3.8) is 0 Å². The Bertz CT molecular complexity index is 410. The number of carbonyl (C=O) groups is 3. The molecule has 1 amide bonds. The number of esters is 1. The van der Waals surface area contributed by atoms with Crippen molar-refractivity contribution in [2.75, 3.05) is 6.61 Å². The third-order valence-corrected chi connectivity index (χ3v) is 2.68. The number of nitrogens with one attached hydrogen (secondary N) is 1. The zero-order valence-corrected chi connectivity index (χ0v) is 12.8. The molecule has 0 aromatic heterocycles. The summed E-state index contributed by atoms with van der Waals surface area (Å²) in [5, 5.41) is 2.36. The van der Waals surface area contributed by atoms with Gasteiger partial charge in [0.05, 0.1) is 0 Å². The number of alkyl halides is 3. The number of hydrogen-bond donors (Lipinski definition) is 1. The maximum absolute atomic E-state index is 11.4. The first-order chi connectivity index (χ1) is 9.10. The molecule has 0 aromatic carbocycles. The van der Waals surface area contributed by atoms with Crippen LogP contribution in [0.3, 0.4) is 0 Å². The lowest BCUT2D eigenvalue weighted by molar-refractivity contribution is -0.174. The molecule has 1 rings (SSSR count). The number of β-lactam (4-membered cyclic amide) rings is 1. The highest BCUT2D eigenvalue weighted by molar-refractivity contribution is 6.67. The number of hydrogen-bond acceptors (Lipinski definition) is 6. The predicted octanol–water partition coefficient (Wildman–Crippen LogP) is 1.53. The first-order valence-electron chi connectivity index (χ1n) is 5.48. The van der Waals surface area contributed by atoms with Crippen molar-refractivity contribution in [1.82, 2.24) is 5.32 Å². The summed E-state index contributed by atoms with van der Waals surface area (Å²) < 4.78 is 12.5. The molecule has 0 aliphatic carbocycles. The third kappa shape index (κ3) is 5.22. The fourth-order valence-electron chi connectivity index (χ4n) is 1.51. The van der Waals surface area contributed by atoms with Gasteiger partial charge in [-0.1, -0.05) is 34.8 Å². The summed E-state index contributed by atoms with van der Waals surface area (Å²) in [5.74, 6) is -1.77. The Kier molecular flexibility index (Phi) is 5.73. The van der Waals surface area contributed by atoms with Crippen molar-refractivity contribution >= 4 is 52.8 Å². The third-order valence-electron chi connectivity index (χ3n) is 2.35. The van der Waals surface area contributed by atoms with E-state index < -0.39 is 46.7 Å². The van der Waals surface area contributed by atoms with Crippen LogP contribution in [0.15, 0.2) is 0 Å². The van der Waals surface area contributed by atoms with E-state index in [-0.39, 0.29) is 0 Å². The van der Waals surface area contributed by atoms with E-state index in [9.17, 15) is 14.4 Å². The van der Waals surface area contributed by atoms with E-state index in [1.807, 2.05) is 0 Å². The summed E-state index contributed by atoms with van der Waals surface area (Å²) in [6.45, 7) is 2.16. The molecule has 1 fully saturated rings. The van der Waals surface area contributed by atoms with Gasteiger partial charge in [-0.2, -0.15) is 0 Å². The lowest BCUT2D eigenvalue weighted by Gasteiger charge is -2.38. The Morgan fingerprint density at radius 3 is 2.45 bits per heavy atom. The summed E-state index contributed by atoms with van der Waals surface area (Å²) in [5.41, 5.74) is 0. The van der Waals surface area contributed by atoms with Gasteiger partial charge in [-0.3, -0.25) is 9.59 Å². The molecule has 7 nitrogen and oxygen atoms in total. The molecule has 1 aliphatic rings. The van der Waals surface area contributed by atoms with Crippen LogP contribution in [-0.2, 0) is 23.8 Å². The van der Waals surface area contributed by atoms with Crippen LogP contribution < -0.4 is 5.32 Å². The second-order valence-electron chi connectivity index (χ2n) is 4.04. The van der Waals surface area contributed by atoms with Gasteiger partial charge in [0.2, 0.25) is 9.70 Å². The van der Waals surface area contributed by atoms with Gasteiger partial charge in [-0.15, -0.1) is 0 Å². The van der Waals surface area contributed by atoms with Gasteiger partial charge in [0.15, 0.2) is 6.23 Å². The summed E-state index contributed by atoms with van der Waals surface area (Å²) in [6.07, 6.45) is -2.79. The monoisotopic (exact) mass is 347 g/mol. The second kappa shape index (κ2) is 6.69. The number of amides is 1. The van der Waals surface area contributed by atoms with Gasteiger partial charge in [0.25, 0.3) is 0 Å². The molecule has 0 spiro atoms. The van der Waals surface area contributed by atoms with Crippen LogP contribution in [-0.4, -0.2) is 40.8 Å². The molecule has 0 saturated carbocycles. The molecule has 0 aromatic rings. The lowest BCUT2D eigenvalue weighted by Crippen LogP contribution is -2.63. The zero-order valence-electron chi connectivity index (χ0n) is 10.5. The summed E-state index contributed by atoms with van der Waals surface area (Å²) in [6, 6.07) is 0. The predicted molar refractivity (Wildman–Crippen MR) is 69.4 cm³/mol. The van der Waals surface area contributed by atoms with Crippen molar-refractivity contribution < 1.29 is 28.6 Å². The molecule has 1 aliphatic heterocycles. The van der Waals surface area contributed by atoms with Gasteiger partial charge in [0.1, 0.15) is 18.6 Å². The van der Waals surface area contributed by atoms with E-state index in [2.05, 4.69) is 10.1 Å². The Balaban J connectivity index is 2.44. The van der Waals surface area contributed by atoms with Crippen LogP contribution in [0, 0.1) is 5.92 Å². The molecular weight excluding hydrogens is 336 g/mol. The van der Waals surface area contributed by atoms with Crippen molar-refractivity contribution in [2.24, 2.45) is 5.92 Å². The number of rotatable bonds is 4. The molecular formula is C10H12Cl3NO6. The molecule has 1 heterocycles. The highest BCUT2D eigenvalue weighted by Gasteiger charge is 2.47. The van der Waals surface area contributed by atoms with Crippen molar-refractivity contribution in [1.29, 1.82) is 0 Å². The topological polar surface area (TPSA) is 90.9 Å². The summed E-state index contributed by atoms with van der Waals surface area (Å²) in [7, 11) is 0. The first kappa shape index (κ1) is 17.1. The van der Waals surface area contributed by atoms with E-state index in [1.54, 1.807) is 0 Å². The zero-order chi connectivity index (χ0) is 15.5. The van der Waals surface area contributed by atoms with Crippen molar-refractivity contribution in [3.05, 3.63) is 0 Å². The van der Waals surface area contributed by atoms with Crippen LogP contribution in [0.5, 0.6) is 0 Å². The highest BCUT2D eigenvalue weighted by atomic mass is 35.6. The van der Waals surface area contributed by atoms with Crippen LogP contribution in [0.1, 0.15) is 13.8 Å². The van der Waals surface area contributed by atoms with Gasteiger partial charge in [0, 0.05) is 6.92 Å². The minimum atomic E-state index is -1.75. The van der Waals surface area contributed by atoms with E-state index in [0.717, 1.165) is 0 Å². The second-order valence-corrected chi connectivity index (χ2v) is 6.56. The Morgan fingerprint density at radius 2 is 2.00 bits per heavy atom. The fourth-order valence-corrected chi connectivity index (χ4v) is 1.67. The lowest BCUT2D eigenvalue weighted by atomic mass is 9.93. The van der Waals surface area contributed by atoms with Crippen molar-refractivity contribution in [3.8, 4) is 0 Å². The number of halogens is 3. The maximum Gasteiger partial charge on any atom is 0.508 e. The summed E-state index contributed by atoms with van der Waals surface area (Å²) in [4.78, 5) is 33.5. The average molecular weight is 349 g/mol. The van der Waals surface area contributed by atoms with Crippen LogP contribution >= 0.6 is 34.8 Å². The smallest absolute Gasteiger partial charge is 0.441 e. The van der Waals surface area contributed by atoms with E-state index in [4.69, 9.17) is 44.3 Å². The van der Waals surface area contributed by atoms with Crippen LogP contribution in [0.25, 0.3) is 0 Å². The molecule has 1 saturated heterocycles. The minimum absolute atomic E-state index is 0.405. The van der Waals surface area contributed by atoms with Gasteiger partial charge >= 0.3 is 12.1 Å². The molecule has 1 N–H and O–H groups in total. The van der Waals surface area contributed by atoms with Crippen LogP contribution in [0.2, 0.25) is 0 Å². The van der Waals surface area contributed by atoms with Gasteiger partial charge < -0.3 is 19.5 Å². The van der Waals surface area contributed by atoms with E-state index in [1.165, 1.54) is 13.8 Å². The Morgan fingerprint density at radius 1 is 1.40 bits per heavy atom. The molecule has 114 valence electrons. The molecule has 0 radical (unpaired) electrons. The first-order valence-corrected chi connectivity index (χ1v) is 6.61.